The molecule has 44 heavy (non-hydrogen) atoms. The Morgan fingerprint density at radius 3 is 1.93 bits per heavy atom. The number of hydrogen-bond donors (Lipinski definition) is 7. The second-order valence-corrected chi connectivity index (χ2v) is 11.9. The summed E-state index contributed by atoms with van der Waals surface area (Å²) in [6.07, 6.45) is -0.232. The molecule has 13 nitrogen and oxygen atoms in total. The van der Waals surface area contributed by atoms with Crippen LogP contribution in [0.5, 0.6) is 5.75 Å². The van der Waals surface area contributed by atoms with Gasteiger partial charge in [-0.3, -0.25) is 28.8 Å². The van der Waals surface area contributed by atoms with Gasteiger partial charge in [0.25, 0.3) is 0 Å². The number of benzene rings is 1. The summed E-state index contributed by atoms with van der Waals surface area (Å²) >= 11 is 4.21. The molecule has 1 aromatic carbocycles. The van der Waals surface area contributed by atoms with Gasteiger partial charge in [0.2, 0.25) is 23.6 Å². The first-order valence-electron chi connectivity index (χ1n) is 14.5. The fourth-order valence-corrected chi connectivity index (χ4v) is 4.37. The zero-order chi connectivity index (χ0) is 33.4. The highest BCUT2D eigenvalue weighted by molar-refractivity contribution is 7.80. The SMILES string of the molecule is COc1ccc(CCNC(=O)[C@H](CS)NC(=O)[C@H](CC(C)C)NC(=O)[C@H](CCC(=O)O)NC(=O)C(C)(C)CCC(=O)O)cc1. The minimum atomic E-state index is -1.30. The molecule has 0 aromatic heterocycles. The van der Waals surface area contributed by atoms with Gasteiger partial charge in [-0.05, 0) is 49.3 Å². The largest absolute Gasteiger partial charge is 0.497 e. The van der Waals surface area contributed by atoms with Crippen LogP contribution in [0.15, 0.2) is 24.3 Å². The van der Waals surface area contributed by atoms with Crippen LogP contribution in [0.3, 0.4) is 0 Å². The average Bonchev–Trinajstić information content (AvgIpc) is 2.96. The summed E-state index contributed by atoms with van der Waals surface area (Å²) in [5.74, 6) is -4.11. The van der Waals surface area contributed by atoms with Gasteiger partial charge in [-0.25, -0.2) is 0 Å². The number of thiol groups is 1. The third kappa shape index (κ3) is 14.1. The lowest BCUT2D eigenvalue weighted by atomic mass is 9.86. The Morgan fingerprint density at radius 2 is 1.41 bits per heavy atom. The second-order valence-electron chi connectivity index (χ2n) is 11.6. The van der Waals surface area contributed by atoms with Gasteiger partial charge < -0.3 is 36.2 Å². The number of hydrogen-bond acceptors (Lipinski definition) is 8. The number of carboxylic acids is 2. The molecular weight excluding hydrogens is 592 g/mol. The molecule has 0 aliphatic rings. The monoisotopic (exact) mass is 638 g/mol. The molecule has 0 aliphatic carbocycles. The summed E-state index contributed by atoms with van der Waals surface area (Å²) in [5, 5.41) is 28.7. The van der Waals surface area contributed by atoms with Gasteiger partial charge in [0.1, 0.15) is 23.9 Å². The molecule has 0 unspecified atom stereocenters. The molecule has 1 rings (SSSR count). The first-order valence-corrected chi connectivity index (χ1v) is 15.1. The summed E-state index contributed by atoms with van der Waals surface area (Å²) in [7, 11) is 1.57. The van der Waals surface area contributed by atoms with E-state index in [1.165, 1.54) is 13.8 Å². The Hall–Kier alpha value is -3.81. The van der Waals surface area contributed by atoms with Crippen molar-refractivity contribution < 1.29 is 43.7 Å². The summed E-state index contributed by atoms with van der Waals surface area (Å²) < 4.78 is 5.14. The van der Waals surface area contributed by atoms with Crippen molar-refractivity contribution in [3.05, 3.63) is 29.8 Å². The molecule has 3 atom stereocenters. The topological polar surface area (TPSA) is 200 Å². The number of amides is 4. The third-order valence-corrected chi connectivity index (χ3v) is 7.24. The molecule has 6 N–H and O–H groups in total. The van der Waals surface area contributed by atoms with Crippen LogP contribution in [-0.2, 0) is 35.2 Å². The minimum absolute atomic E-state index is 0.00685. The van der Waals surface area contributed by atoms with Gasteiger partial charge in [0, 0.05) is 30.6 Å². The number of carboxylic acid groups (broad SMARTS) is 2. The van der Waals surface area contributed by atoms with Crippen molar-refractivity contribution in [1.29, 1.82) is 0 Å². The molecule has 14 heteroatoms. The van der Waals surface area contributed by atoms with Gasteiger partial charge >= 0.3 is 11.9 Å². The summed E-state index contributed by atoms with van der Waals surface area (Å²) in [6, 6.07) is 4.00. The number of aliphatic carboxylic acids is 2. The van der Waals surface area contributed by atoms with Crippen LogP contribution in [-0.4, -0.2) is 83.3 Å². The number of nitrogens with one attached hydrogen (secondary N) is 4. The fourth-order valence-electron chi connectivity index (χ4n) is 4.11. The van der Waals surface area contributed by atoms with Crippen molar-refractivity contribution in [3.8, 4) is 5.75 Å². The highest BCUT2D eigenvalue weighted by Crippen LogP contribution is 2.23. The van der Waals surface area contributed by atoms with E-state index < -0.39 is 65.5 Å². The number of carbonyl (C=O) groups excluding carboxylic acids is 4. The summed E-state index contributed by atoms with van der Waals surface area (Å²) in [6.45, 7) is 7.02. The van der Waals surface area contributed by atoms with E-state index in [1.54, 1.807) is 7.11 Å². The van der Waals surface area contributed by atoms with E-state index in [0.717, 1.165) is 5.56 Å². The predicted molar refractivity (Wildman–Crippen MR) is 166 cm³/mol. The van der Waals surface area contributed by atoms with E-state index in [2.05, 4.69) is 33.9 Å². The van der Waals surface area contributed by atoms with Gasteiger partial charge in [0.05, 0.1) is 7.11 Å². The van der Waals surface area contributed by atoms with Gasteiger partial charge in [-0.1, -0.05) is 39.8 Å². The first kappa shape index (κ1) is 38.2. The lowest BCUT2D eigenvalue weighted by Crippen LogP contribution is -2.58. The van der Waals surface area contributed by atoms with Crippen LogP contribution in [0.4, 0.5) is 0 Å². The molecule has 0 aliphatic heterocycles. The first-order chi connectivity index (χ1) is 20.6. The molecule has 246 valence electrons. The number of ether oxygens (including phenoxy) is 1. The van der Waals surface area contributed by atoms with Crippen molar-refractivity contribution in [3.63, 3.8) is 0 Å². The highest BCUT2D eigenvalue weighted by atomic mass is 32.1. The standard InChI is InChI=1S/C30H46N4O9S/c1-18(2)16-22(28(41)33-23(17-44)26(39)31-15-13-19-6-8-20(43-5)9-7-19)32-27(40)21(10-11-24(35)36)34-29(42)30(3,4)14-12-25(37)38/h6-9,18,21-23,44H,10-17H2,1-5H3,(H,31,39)(H,32,40)(H,33,41)(H,34,42)(H,35,36)(H,37,38)/t21-,22-,23-/m0/s1. The van der Waals surface area contributed by atoms with Gasteiger partial charge in [-0.15, -0.1) is 0 Å². The van der Waals surface area contributed by atoms with Crippen molar-refractivity contribution in [2.75, 3.05) is 19.4 Å². The fraction of sp³-hybridized carbons (Fsp3) is 0.600. The maximum Gasteiger partial charge on any atom is 0.303 e. The summed E-state index contributed by atoms with van der Waals surface area (Å²) in [4.78, 5) is 74.5. The Labute approximate surface area is 263 Å². The maximum atomic E-state index is 13.3. The van der Waals surface area contributed by atoms with Crippen molar-refractivity contribution in [2.24, 2.45) is 11.3 Å². The van der Waals surface area contributed by atoms with Gasteiger partial charge in [-0.2, -0.15) is 12.6 Å². The van der Waals surface area contributed by atoms with Crippen LogP contribution in [0.1, 0.15) is 65.4 Å². The zero-order valence-electron chi connectivity index (χ0n) is 26.0. The highest BCUT2D eigenvalue weighted by Gasteiger charge is 2.34. The summed E-state index contributed by atoms with van der Waals surface area (Å²) in [5.41, 5.74) is -0.179. The molecule has 0 radical (unpaired) electrons. The average molecular weight is 639 g/mol. The normalized spacial score (nSPS) is 13.2. The van der Waals surface area contributed by atoms with Gasteiger partial charge in [0.15, 0.2) is 0 Å². The number of methoxy groups -OCH3 is 1. The Kier molecular flexibility index (Phi) is 16.3. The molecule has 0 fully saturated rings. The van der Waals surface area contributed by atoms with E-state index in [0.29, 0.717) is 18.7 Å². The molecule has 0 bridgehead atoms. The Morgan fingerprint density at radius 1 is 0.841 bits per heavy atom. The van der Waals surface area contributed by atoms with E-state index in [-0.39, 0.29) is 37.4 Å². The van der Waals surface area contributed by atoms with Crippen LogP contribution >= 0.6 is 12.6 Å². The molecule has 0 saturated carbocycles. The second kappa shape index (κ2) is 18.8. The number of rotatable bonds is 20. The van der Waals surface area contributed by atoms with E-state index >= 15 is 0 Å². The van der Waals surface area contributed by atoms with Crippen LogP contribution in [0, 0.1) is 11.3 Å². The van der Waals surface area contributed by atoms with Crippen LogP contribution < -0.4 is 26.0 Å². The van der Waals surface area contributed by atoms with E-state index in [9.17, 15) is 33.9 Å². The molecule has 1 aromatic rings. The lowest BCUT2D eigenvalue weighted by Gasteiger charge is -2.28. The number of carbonyl (C=O) groups is 6. The van der Waals surface area contributed by atoms with Crippen LogP contribution in [0.2, 0.25) is 0 Å². The zero-order valence-corrected chi connectivity index (χ0v) is 26.9. The third-order valence-electron chi connectivity index (χ3n) is 6.87. The minimum Gasteiger partial charge on any atom is -0.497 e. The van der Waals surface area contributed by atoms with Crippen LogP contribution in [0.25, 0.3) is 0 Å². The molecule has 0 saturated heterocycles. The Bertz CT molecular complexity index is 1140. The molecular formula is C30H46N4O9S. The quantitative estimate of drug-likeness (QED) is 0.104. The van der Waals surface area contributed by atoms with Crippen molar-refractivity contribution >= 4 is 48.2 Å². The molecule has 4 amide bonds. The smallest absolute Gasteiger partial charge is 0.303 e. The lowest BCUT2D eigenvalue weighted by molar-refractivity contribution is -0.141. The molecule has 0 spiro atoms. The maximum absolute atomic E-state index is 13.3. The molecule has 0 heterocycles. The van der Waals surface area contributed by atoms with E-state index in [1.807, 2.05) is 38.1 Å². The Balaban J connectivity index is 2.94. The van der Waals surface area contributed by atoms with E-state index in [4.69, 9.17) is 9.84 Å². The van der Waals surface area contributed by atoms with Crippen molar-refractivity contribution in [2.45, 2.75) is 84.3 Å². The predicted octanol–water partition coefficient (Wildman–Crippen LogP) is 1.54. The van der Waals surface area contributed by atoms with Crippen molar-refractivity contribution in [1.82, 2.24) is 21.3 Å².